The summed E-state index contributed by atoms with van der Waals surface area (Å²) in [5.74, 6) is 0. The van der Waals surface area contributed by atoms with Crippen LogP contribution in [0.5, 0.6) is 0 Å². The van der Waals surface area contributed by atoms with Crippen LogP contribution in [0, 0.1) is 0 Å². The zero-order valence-corrected chi connectivity index (χ0v) is 19.3. The Balaban J connectivity index is 0.00000131. The highest BCUT2D eigenvalue weighted by Gasteiger charge is 2.18. The lowest BCUT2D eigenvalue weighted by Gasteiger charge is -2.29. The minimum absolute atomic E-state index is 0. The molecular formula is C19H21Br2Cl2N3O-2. The van der Waals surface area contributed by atoms with Crippen LogP contribution in [0.25, 0.3) is 21.8 Å². The molecule has 2 N–H and O–H groups in total. The van der Waals surface area contributed by atoms with Crippen molar-refractivity contribution in [3.63, 3.8) is 0 Å². The summed E-state index contributed by atoms with van der Waals surface area (Å²) in [5.41, 5.74) is 2.33. The molecule has 4 nitrogen and oxygen atoms in total. The summed E-state index contributed by atoms with van der Waals surface area (Å²) in [6.45, 7) is 5.34. The molecule has 0 radical (unpaired) electrons. The number of benzene rings is 2. The van der Waals surface area contributed by atoms with Crippen molar-refractivity contribution in [2.45, 2.75) is 12.6 Å². The predicted octanol–water partition coefficient (Wildman–Crippen LogP) is -2.41. The highest BCUT2D eigenvalue weighted by Crippen LogP contribution is 2.33. The zero-order chi connectivity index (χ0) is 17.4. The number of aliphatic hydroxyl groups excluding tert-OH is 1. The fourth-order valence-corrected chi connectivity index (χ4v) is 4.43. The van der Waals surface area contributed by atoms with Gasteiger partial charge in [-0.15, -0.1) is 0 Å². The molecule has 3 aromatic rings. The number of hydrogen-bond donors (Lipinski definition) is 2. The predicted molar refractivity (Wildman–Crippen MR) is 110 cm³/mol. The van der Waals surface area contributed by atoms with Crippen LogP contribution in [0.2, 0.25) is 0 Å². The fourth-order valence-electron chi connectivity index (χ4n) is 3.71. The third-order valence-corrected chi connectivity index (χ3v) is 5.85. The summed E-state index contributed by atoms with van der Waals surface area (Å²) in [6, 6.07) is 12.7. The van der Waals surface area contributed by atoms with Crippen LogP contribution in [0.3, 0.4) is 0 Å². The van der Waals surface area contributed by atoms with E-state index < -0.39 is 0 Å². The van der Waals surface area contributed by atoms with Gasteiger partial charge in [0.15, 0.2) is 0 Å². The Morgan fingerprint density at radius 3 is 1.93 bits per heavy atom. The van der Waals surface area contributed by atoms with Crippen LogP contribution in [0.4, 0.5) is 0 Å². The van der Waals surface area contributed by atoms with E-state index in [1.807, 2.05) is 0 Å². The van der Waals surface area contributed by atoms with Crippen LogP contribution < -0.4 is 30.1 Å². The average molecular weight is 538 g/mol. The number of piperazine rings is 1. The third kappa shape index (κ3) is 4.99. The van der Waals surface area contributed by atoms with Crippen molar-refractivity contribution in [1.29, 1.82) is 0 Å². The van der Waals surface area contributed by atoms with Gasteiger partial charge in [0.1, 0.15) is 0 Å². The molecule has 2 aromatic carbocycles. The van der Waals surface area contributed by atoms with Crippen LogP contribution in [0.1, 0.15) is 0 Å². The normalized spacial score (nSPS) is 16.1. The minimum Gasteiger partial charge on any atom is -1.00 e. The molecule has 1 unspecified atom stereocenters. The molecule has 1 aliphatic rings. The third-order valence-electron chi connectivity index (χ3n) is 4.86. The van der Waals surface area contributed by atoms with E-state index in [4.69, 9.17) is 0 Å². The van der Waals surface area contributed by atoms with Crippen molar-refractivity contribution >= 4 is 53.7 Å². The van der Waals surface area contributed by atoms with Crippen molar-refractivity contribution in [2.75, 3.05) is 32.7 Å². The number of nitrogens with zero attached hydrogens (tertiary/aromatic N) is 2. The van der Waals surface area contributed by atoms with Crippen LogP contribution in [0.15, 0.2) is 45.3 Å². The van der Waals surface area contributed by atoms with Gasteiger partial charge in [-0.05, 0) is 36.4 Å². The van der Waals surface area contributed by atoms with E-state index in [2.05, 4.69) is 83.0 Å². The first kappa shape index (κ1) is 22.9. The van der Waals surface area contributed by atoms with E-state index in [9.17, 15) is 5.11 Å². The lowest BCUT2D eigenvalue weighted by Crippen LogP contribution is -3.00. The highest BCUT2D eigenvalue weighted by atomic mass is 79.9. The number of halogens is 4. The Hall–Kier alpha value is -0.340. The number of hydrogen-bond acceptors (Lipinski definition) is 3. The molecular weight excluding hydrogens is 517 g/mol. The lowest BCUT2D eigenvalue weighted by molar-refractivity contribution is -0.00100. The Labute approximate surface area is 188 Å². The van der Waals surface area contributed by atoms with E-state index in [1.165, 1.54) is 10.8 Å². The molecule has 0 bridgehead atoms. The zero-order valence-electron chi connectivity index (χ0n) is 14.6. The number of β-amino-alcohol motifs (C(OH)–C–C–N with tert-alkyl or cyclic N) is 1. The van der Waals surface area contributed by atoms with Crippen LogP contribution >= 0.6 is 31.9 Å². The van der Waals surface area contributed by atoms with Gasteiger partial charge in [-0.2, -0.15) is 0 Å². The second-order valence-electron chi connectivity index (χ2n) is 6.64. The van der Waals surface area contributed by atoms with E-state index in [0.717, 1.165) is 52.7 Å². The number of fused-ring (bicyclic) bond motifs is 3. The number of aromatic nitrogens is 1. The molecule has 0 spiro atoms. The molecule has 1 atom stereocenters. The van der Waals surface area contributed by atoms with Gasteiger partial charge in [-0.25, -0.2) is 0 Å². The lowest BCUT2D eigenvalue weighted by atomic mass is 10.2. The summed E-state index contributed by atoms with van der Waals surface area (Å²) in [5, 5.41) is 16.5. The summed E-state index contributed by atoms with van der Waals surface area (Å²) in [7, 11) is 0. The summed E-state index contributed by atoms with van der Waals surface area (Å²) in [6.07, 6.45) is -0.385. The SMILES string of the molecule is OC(CN1CCNCC1)Cn1c2ccc(Br)cc2c2cc(Br)ccc21.[Cl-].[Cl-]. The Bertz CT molecular complexity index is 853. The first-order valence-corrected chi connectivity index (χ1v) is 10.2. The maximum Gasteiger partial charge on any atom is 0.0845 e. The van der Waals surface area contributed by atoms with Gasteiger partial charge in [0, 0.05) is 63.5 Å². The summed E-state index contributed by atoms with van der Waals surface area (Å²) in [4.78, 5) is 2.34. The van der Waals surface area contributed by atoms with E-state index in [1.54, 1.807) is 0 Å². The van der Waals surface area contributed by atoms with Crippen molar-refractivity contribution in [3.8, 4) is 0 Å². The van der Waals surface area contributed by atoms with Crippen LogP contribution in [-0.4, -0.2) is 53.4 Å². The molecule has 4 rings (SSSR count). The second-order valence-corrected chi connectivity index (χ2v) is 8.47. The molecule has 1 aliphatic heterocycles. The van der Waals surface area contributed by atoms with Gasteiger partial charge in [-0.3, -0.25) is 4.90 Å². The fraction of sp³-hybridized carbons (Fsp3) is 0.368. The second kappa shape index (κ2) is 9.92. The molecule has 2 heterocycles. The summed E-state index contributed by atoms with van der Waals surface area (Å²) < 4.78 is 4.39. The number of rotatable bonds is 4. The van der Waals surface area contributed by atoms with Gasteiger partial charge >= 0.3 is 0 Å². The maximum absolute atomic E-state index is 10.7. The van der Waals surface area contributed by atoms with E-state index in [-0.39, 0.29) is 30.9 Å². The molecule has 148 valence electrons. The van der Waals surface area contributed by atoms with Crippen molar-refractivity contribution in [3.05, 3.63) is 45.3 Å². The van der Waals surface area contributed by atoms with Gasteiger partial charge in [0.05, 0.1) is 12.6 Å². The van der Waals surface area contributed by atoms with Gasteiger partial charge < -0.3 is 39.8 Å². The van der Waals surface area contributed by atoms with Crippen molar-refractivity contribution in [1.82, 2.24) is 14.8 Å². The molecule has 0 aliphatic carbocycles. The Kier molecular flexibility index (Phi) is 8.43. The molecule has 8 heteroatoms. The molecule has 27 heavy (non-hydrogen) atoms. The van der Waals surface area contributed by atoms with Gasteiger partial charge in [0.25, 0.3) is 0 Å². The van der Waals surface area contributed by atoms with Crippen molar-refractivity contribution in [2.24, 2.45) is 0 Å². The molecule has 0 amide bonds. The molecule has 0 saturated carbocycles. The smallest absolute Gasteiger partial charge is 0.0845 e. The van der Waals surface area contributed by atoms with E-state index in [0.29, 0.717) is 6.54 Å². The topological polar surface area (TPSA) is 40.4 Å². The van der Waals surface area contributed by atoms with Gasteiger partial charge in [-0.1, -0.05) is 31.9 Å². The highest BCUT2D eigenvalue weighted by molar-refractivity contribution is 9.10. The largest absolute Gasteiger partial charge is 1.00 e. The minimum atomic E-state index is -0.385. The molecule has 1 saturated heterocycles. The number of aliphatic hydroxyl groups is 1. The molecule has 1 aromatic heterocycles. The van der Waals surface area contributed by atoms with Crippen LogP contribution in [-0.2, 0) is 6.54 Å². The standard InChI is InChI=1S/C19H21Br2N3O.2ClH/c20-13-1-3-18-16(9-13)17-10-14(21)2-4-19(17)24(18)12-15(25)11-23-7-5-22-6-8-23;;/h1-4,9-10,15,22,25H,5-8,11-12H2;2*1H/p-2. The average Bonchev–Trinajstić information content (AvgIpc) is 2.88. The summed E-state index contributed by atoms with van der Waals surface area (Å²) >= 11 is 7.16. The maximum atomic E-state index is 10.7. The first-order chi connectivity index (χ1) is 12.1. The number of nitrogens with one attached hydrogen (secondary N) is 1. The molecule has 1 fully saturated rings. The van der Waals surface area contributed by atoms with Gasteiger partial charge in [0.2, 0.25) is 0 Å². The van der Waals surface area contributed by atoms with E-state index >= 15 is 0 Å². The monoisotopic (exact) mass is 535 g/mol. The van der Waals surface area contributed by atoms with Crippen molar-refractivity contribution < 1.29 is 29.9 Å². The Morgan fingerprint density at radius 1 is 0.889 bits per heavy atom. The first-order valence-electron chi connectivity index (χ1n) is 8.60. The quantitative estimate of drug-likeness (QED) is 0.390. The Morgan fingerprint density at radius 2 is 1.41 bits per heavy atom.